The Balaban J connectivity index is 0.907. The first-order chi connectivity index (χ1) is 33.1. The van der Waals surface area contributed by atoms with Crippen molar-refractivity contribution in [3.05, 3.63) is 228 Å². The van der Waals surface area contributed by atoms with Crippen LogP contribution in [0.4, 0.5) is 5.88 Å². The van der Waals surface area contributed by atoms with E-state index in [1.807, 2.05) is 12.1 Å². The molecule has 8 aromatic carbocycles. The molecular weight excluding hydrogens is 821 g/mol. The maximum absolute atomic E-state index is 6.89. The van der Waals surface area contributed by atoms with E-state index in [9.17, 15) is 0 Å². The molecule has 3 atom stereocenters. The van der Waals surface area contributed by atoms with Crippen LogP contribution < -0.4 is 4.74 Å². The van der Waals surface area contributed by atoms with Gasteiger partial charge in [0.2, 0.25) is 5.88 Å². The number of hydrogen-bond donors (Lipinski definition) is 0. The molecule has 318 valence electrons. The van der Waals surface area contributed by atoms with Crippen molar-refractivity contribution >= 4 is 71.9 Å². The van der Waals surface area contributed by atoms with Crippen molar-refractivity contribution in [3.8, 4) is 33.7 Å². The standard InChI is InChI=1S/C62H42N2O3/c1-36-37(2)60(39-17-7-4-8-18-39)63-62-59(46-30-27-42(35-56(46)67-62)38-15-5-3-6-16-38)57(36)47-22-14-26-55-58(47)49-34-41(29-32-54(49)65-55)40-28-31-51-48(33-40)43-19-9-11-23-50(43)64(51)52-24-13-21-45-44-20-10-12-25-53(44)66-61(45)52/h3-35,37,47,58H,1-2H3. The molecule has 0 fully saturated rings. The van der Waals surface area contributed by atoms with Gasteiger partial charge in [-0.25, -0.2) is 4.99 Å². The van der Waals surface area contributed by atoms with Gasteiger partial charge in [0.15, 0.2) is 5.58 Å². The van der Waals surface area contributed by atoms with E-state index in [2.05, 4.69) is 207 Å². The van der Waals surface area contributed by atoms with E-state index in [0.717, 1.165) is 100 Å². The summed E-state index contributed by atoms with van der Waals surface area (Å²) in [5.74, 6) is 2.45. The predicted molar refractivity (Wildman–Crippen MR) is 274 cm³/mol. The summed E-state index contributed by atoms with van der Waals surface area (Å²) in [4.78, 5) is 5.43. The normalized spacial score (nSPS) is 17.7. The van der Waals surface area contributed by atoms with Crippen molar-refractivity contribution < 1.29 is 13.6 Å². The maximum Gasteiger partial charge on any atom is 0.227 e. The topological polar surface area (TPSA) is 52.8 Å². The van der Waals surface area contributed by atoms with E-state index >= 15 is 0 Å². The number of para-hydroxylation sites is 3. The minimum absolute atomic E-state index is 0.0298. The fraction of sp³-hybridized carbons (Fsp3) is 0.0806. The lowest BCUT2D eigenvalue weighted by Crippen LogP contribution is -2.19. The molecule has 1 aliphatic carbocycles. The van der Waals surface area contributed by atoms with Crippen LogP contribution in [0, 0.1) is 11.8 Å². The van der Waals surface area contributed by atoms with Crippen LogP contribution in [0.2, 0.25) is 0 Å². The van der Waals surface area contributed by atoms with Crippen LogP contribution >= 0.6 is 0 Å². The van der Waals surface area contributed by atoms with Crippen molar-refractivity contribution in [1.82, 2.24) is 4.57 Å². The Bertz CT molecular complexity index is 3990. The Kier molecular flexibility index (Phi) is 8.23. The lowest BCUT2D eigenvalue weighted by atomic mass is 9.72. The fourth-order valence-electron chi connectivity index (χ4n) is 11.3. The molecule has 14 rings (SSSR count). The van der Waals surface area contributed by atoms with Crippen LogP contribution in [-0.2, 0) is 0 Å². The van der Waals surface area contributed by atoms with Crippen LogP contribution in [0.25, 0.3) is 88.2 Å². The third-order valence-electron chi connectivity index (χ3n) is 14.6. The van der Waals surface area contributed by atoms with Gasteiger partial charge in [-0.3, -0.25) is 0 Å². The summed E-state index contributed by atoms with van der Waals surface area (Å²) in [6, 6.07) is 64.7. The molecular formula is C62H42N2O3. The molecule has 2 aliphatic heterocycles. The Morgan fingerprint density at radius 3 is 2.10 bits per heavy atom. The number of hydrogen-bond acceptors (Lipinski definition) is 4. The molecule has 0 bridgehead atoms. The number of allylic oxidation sites excluding steroid dienone is 6. The summed E-state index contributed by atoms with van der Waals surface area (Å²) in [6.45, 7) is 4.58. The molecule has 0 radical (unpaired) electrons. The molecule has 5 heteroatoms. The Morgan fingerprint density at radius 2 is 1.24 bits per heavy atom. The van der Waals surface area contributed by atoms with Crippen LogP contribution in [0.15, 0.2) is 225 Å². The van der Waals surface area contributed by atoms with Crippen LogP contribution in [0.3, 0.4) is 0 Å². The first-order valence-corrected chi connectivity index (χ1v) is 23.2. The average Bonchev–Trinajstić information content (AvgIpc) is 4.13. The van der Waals surface area contributed by atoms with Gasteiger partial charge in [-0.2, -0.15) is 0 Å². The Labute approximate surface area is 386 Å². The van der Waals surface area contributed by atoms with Gasteiger partial charge in [0.1, 0.15) is 22.7 Å². The van der Waals surface area contributed by atoms with Crippen molar-refractivity contribution in [1.29, 1.82) is 0 Å². The SMILES string of the molecule is CC1=C(C2C=CC=C3Oc4ccc(-c5ccc6c(c5)c5ccccc5n6-c5cccc6c5oc5ccccc56)cc4C32)c2c(oc3cc(-c4ccccc4)ccc23)N=C(c2ccccc2)C1C. The minimum Gasteiger partial charge on any atom is -0.461 e. The lowest BCUT2D eigenvalue weighted by Gasteiger charge is -2.29. The molecule has 67 heavy (non-hydrogen) atoms. The van der Waals surface area contributed by atoms with Gasteiger partial charge >= 0.3 is 0 Å². The quantitative estimate of drug-likeness (QED) is 0.173. The van der Waals surface area contributed by atoms with Gasteiger partial charge in [0.25, 0.3) is 0 Å². The highest BCUT2D eigenvalue weighted by atomic mass is 16.5. The molecule has 5 nitrogen and oxygen atoms in total. The van der Waals surface area contributed by atoms with Gasteiger partial charge < -0.3 is 18.1 Å². The van der Waals surface area contributed by atoms with Gasteiger partial charge in [0, 0.05) is 44.3 Å². The van der Waals surface area contributed by atoms with Crippen molar-refractivity contribution in [2.75, 3.05) is 0 Å². The fourth-order valence-corrected chi connectivity index (χ4v) is 11.3. The summed E-state index contributed by atoms with van der Waals surface area (Å²) in [5, 5.41) is 5.69. The monoisotopic (exact) mass is 862 g/mol. The van der Waals surface area contributed by atoms with E-state index in [4.69, 9.17) is 18.6 Å². The van der Waals surface area contributed by atoms with Gasteiger partial charge in [-0.1, -0.05) is 152 Å². The van der Waals surface area contributed by atoms with Crippen LogP contribution in [-0.4, -0.2) is 10.3 Å². The molecule has 3 aromatic heterocycles. The summed E-state index contributed by atoms with van der Waals surface area (Å²) in [6.07, 6.45) is 6.68. The van der Waals surface area contributed by atoms with E-state index < -0.39 is 0 Å². The van der Waals surface area contributed by atoms with Gasteiger partial charge in [-0.05, 0) is 101 Å². The summed E-state index contributed by atoms with van der Waals surface area (Å²) in [5.41, 5.74) is 17.3. The smallest absolute Gasteiger partial charge is 0.227 e. The Hall–Kier alpha value is -8.41. The number of nitrogens with zero attached hydrogens (tertiary/aromatic N) is 2. The number of rotatable bonds is 5. The number of aromatic nitrogens is 1. The molecule has 3 unspecified atom stereocenters. The highest BCUT2D eigenvalue weighted by molar-refractivity contribution is 6.14. The number of fused-ring (bicyclic) bond motifs is 12. The van der Waals surface area contributed by atoms with Crippen molar-refractivity contribution in [2.24, 2.45) is 16.8 Å². The molecule has 5 heterocycles. The second-order valence-electron chi connectivity index (χ2n) is 18.2. The highest BCUT2D eigenvalue weighted by Crippen LogP contribution is 2.56. The minimum atomic E-state index is -0.0493. The molecule has 0 spiro atoms. The summed E-state index contributed by atoms with van der Waals surface area (Å²) < 4.78 is 22.6. The number of aliphatic imine (C=N–C) groups is 1. The van der Waals surface area contributed by atoms with E-state index in [1.165, 1.54) is 27.5 Å². The third-order valence-corrected chi connectivity index (χ3v) is 14.6. The van der Waals surface area contributed by atoms with Crippen LogP contribution in [0.1, 0.15) is 36.5 Å². The molecule has 0 saturated heterocycles. The highest BCUT2D eigenvalue weighted by Gasteiger charge is 2.42. The lowest BCUT2D eigenvalue weighted by molar-refractivity contribution is 0.413. The largest absolute Gasteiger partial charge is 0.461 e. The Morgan fingerprint density at radius 1 is 0.537 bits per heavy atom. The van der Waals surface area contributed by atoms with E-state index in [0.29, 0.717) is 5.88 Å². The molecule has 0 amide bonds. The predicted octanol–water partition coefficient (Wildman–Crippen LogP) is 16.6. The van der Waals surface area contributed by atoms with Crippen molar-refractivity contribution in [2.45, 2.75) is 19.8 Å². The molecule has 0 N–H and O–H groups in total. The molecule has 3 aliphatic rings. The van der Waals surface area contributed by atoms with Crippen molar-refractivity contribution in [3.63, 3.8) is 0 Å². The first-order valence-electron chi connectivity index (χ1n) is 23.2. The zero-order valence-electron chi connectivity index (χ0n) is 36.9. The van der Waals surface area contributed by atoms with Gasteiger partial charge in [-0.15, -0.1) is 0 Å². The number of benzene rings is 8. The zero-order chi connectivity index (χ0) is 44.3. The molecule has 0 saturated carbocycles. The molecule has 11 aromatic rings. The zero-order valence-corrected chi connectivity index (χ0v) is 36.9. The van der Waals surface area contributed by atoms with Gasteiger partial charge in [0.05, 0.1) is 33.9 Å². The van der Waals surface area contributed by atoms with E-state index in [-0.39, 0.29) is 17.8 Å². The van der Waals surface area contributed by atoms with E-state index in [1.54, 1.807) is 0 Å². The third kappa shape index (κ3) is 5.71. The second kappa shape index (κ2) is 14.5. The maximum atomic E-state index is 6.89. The van der Waals surface area contributed by atoms with Crippen LogP contribution in [0.5, 0.6) is 5.75 Å². The number of ether oxygens (including phenoxy) is 1. The second-order valence-corrected chi connectivity index (χ2v) is 18.2. The summed E-state index contributed by atoms with van der Waals surface area (Å²) >= 11 is 0. The number of furan rings is 2. The average molecular weight is 863 g/mol. The summed E-state index contributed by atoms with van der Waals surface area (Å²) in [7, 11) is 0. The first kappa shape index (κ1) is 37.9.